The molecule has 1 fully saturated rings. The van der Waals surface area contributed by atoms with Gasteiger partial charge in [-0.3, -0.25) is 9.59 Å². The largest absolute Gasteiger partial charge is 0.480 e. The summed E-state index contributed by atoms with van der Waals surface area (Å²) in [5, 5.41) is 11.5. The molecule has 0 aliphatic heterocycles. The molecule has 7 heteroatoms. The molecule has 1 rings (SSSR count). The Bertz CT molecular complexity index is 372. The molecule has 114 valence electrons. The molecule has 0 spiro atoms. The summed E-state index contributed by atoms with van der Waals surface area (Å²) in [6, 6.07) is -1.31. The normalized spacial score (nSPS) is 23.7. The number of methoxy groups -OCH3 is 1. The number of ether oxygens (including phenoxy) is 1. The lowest BCUT2D eigenvalue weighted by Gasteiger charge is -2.28. The van der Waals surface area contributed by atoms with Crippen LogP contribution in [0.3, 0.4) is 0 Å². The van der Waals surface area contributed by atoms with E-state index in [-0.39, 0.29) is 30.7 Å². The molecule has 0 heterocycles. The Kier molecular flexibility index (Phi) is 6.44. The average Bonchev–Trinajstić information content (AvgIpc) is 2.42. The summed E-state index contributed by atoms with van der Waals surface area (Å²) in [5.74, 6) is -2.34. The first-order valence-electron chi connectivity index (χ1n) is 6.81. The highest BCUT2D eigenvalue weighted by Gasteiger charge is 2.31. The first-order chi connectivity index (χ1) is 9.45. The van der Waals surface area contributed by atoms with Gasteiger partial charge in [-0.1, -0.05) is 12.8 Å². The van der Waals surface area contributed by atoms with Crippen LogP contribution in [0.2, 0.25) is 0 Å². The van der Waals surface area contributed by atoms with E-state index in [2.05, 4.69) is 10.1 Å². The average molecular weight is 286 g/mol. The van der Waals surface area contributed by atoms with Gasteiger partial charge in [0, 0.05) is 12.5 Å². The first kappa shape index (κ1) is 16.4. The minimum absolute atomic E-state index is 0.00963. The van der Waals surface area contributed by atoms with Crippen LogP contribution in [0.15, 0.2) is 0 Å². The molecule has 1 aliphatic carbocycles. The molecule has 0 saturated heterocycles. The molecule has 0 aromatic heterocycles. The van der Waals surface area contributed by atoms with Crippen LogP contribution in [0, 0.1) is 5.92 Å². The van der Waals surface area contributed by atoms with Gasteiger partial charge in [-0.25, -0.2) is 4.79 Å². The smallest absolute Gasteiger partial charge is 0.326 e. The van der Waals surface area contributed by atoms with E-state index in [1.165, 1.54) is 7.11 Å². The second kappa shape index (κ2) is 7.84. The highest BCUT2D eigenvalue weighted by molar-refractivity contribution is 5.85. The van der Waals surface area contributed by atoms with Crippen molar-refractivity contribution in [3.05, 3.63) is 0 Å². The number of nitrogens with two attached hydrogens (primary N) is 1. The Morgan fingerprint density at radius 1 is 1.35 bits per heavy atom. The summed E-state index contributed by atoms with van der Waals surface area (Å²) in [6.07, 6.45) is 3.33. The van der Waals surface area contributed by atoms with Crippen LogP contribution in [0.1, 0.15) is 38.5 Å². The maximum atomic E-state index is 12.1. The third kappa shape index (κ3) is 4.80. The zero-order valence-corrected chi connectivity index (χ0v) is 11.6. The van der Waals surface area contributed by atoms with Gasteiger partial charge in [0.1, 0.15) is 6.04 Å². The number of hydrogen-bond donors (Lipinski definition) is 3. The Labute approximate surface area is 117 Å². The minimum atomic E-state index is -1.16. The number of esters is 1. The van der Waals surface area contributed by atoms with Crippen LogP contribution >= 0.6 is 0 Å². The van der Waals surface area contributed by atoms with Crippen LogP contribution in [0.25, 0.3) is 0 Å². The van der Waals surface area contributed by atoms with Gasteiger partial charge >= 0.3 is 11.9 Å². The summed E-state index contributed by atoms with van der Waals surface area (Å²) in [6.45, 7) is 0. The lowest BCUT2D eigenvalue weighted by molar-refractivity contribution is -0.144. The van der Waals surface area contributed by atoms with E-state index < -0.39 is 18.0 Å². The van der Waals surface area contributed by atoms with Crippen molar-refractivity contribution >= 4 is 17.8 Å². The SMILES string of the molecule is COC(=O)CCC(NC(=O)C1CCCCC1N)C(=O)O. The van der Waals surface area contributed by atoms with Gasteiger partial charge in [0.25, 0.3) is 0 Å². The molecule has 3 unspecified atom stereocenters. The topological polar surface area (TPSA) is 119 Å². The van der Waals surface area contributed by atoms with Crippen LogP contribution in [-0.4, -0.2) is 42.1 Å². The third-order valence-electron chi connectivity index (χ3n) is 3.64. The van der Waals surface area contributed by atoms with Crippen molar-refractivity contribution in [1.82, 2.24) is 5.32 Å². The first-order valence-corrected chi connectivity index (χ1v) is 6.81. The fourth-order valence-corrected chi connectivity index (χ4v) is 2.39. The Morgan fingerprint density at radius 2 is 2.00 bits per heavy atom. The van der Waals surface area contributed by atoms with Crippen molar-refractivity contribution in [2.45, 2.75) is 50.6 Å². The van der Waals surface area contributed by atoms with E-state index in [1.54, 1.807) is 0 Å². The second-order valence-electron chi connectivity index (χ2n) is 5.07. The minimum Gasteiger partial charge on any atom is -0.480 e. The van der Waals surface area contributed by atoms with Crippen LogP contribution in [-0.2, 0) is 19.1 Å². The molecule has 0 radical (unpaired) electrons. The van der Waals surface area contributed by atoms with Crippen molar-refractivity contribution in [2.75, 3.05) is 7.11 Å². The Morgan fingerprint density at radius 3 is 2.55 bits per heavy atom. The fourth-order valence-electron chi connectivity index (χ4n) is 2.39. The standard InChI is InChI=1S/C13H22N2O5/c1-20-11(16)7-6-10(13(18)19)15-12(17)8-4-2-3-5-9(8)14/h8-10H,2-7,14H2,1H3,(H,15,17)(H,18,19). The van der Waals surface area contributed by atoms with Crippen molar-refractivity contribution < 1.29 is 24.2 Å². The van der Waals surface area contributed by atoms with Crippen molar-refractivity contribution in [1.29, 1.82) is 0 Å². The Balaban J connectivity index is 2.53. The molecule has 1 amide bonds. The second-order valence-corrected chi connectivity index (χ2v) is 5.07. The molecule has 7 nitrogen and oxygen atoms in total. The molecular formula is C13H22N2O5. The predicted octanol–water partition coefficient (Wildman–Crippen LogP) is 0.0265. The number of carboxylic acids is 1. The molecule has 0 aromatic carbocycles. The third-order valence-corrected chi connectivity index (χ3v) is 3.64. The van der Waals surface area contributed by atoms with Crippen molar-refractivity contribution in [2.24, 2.45) is 11.7 Å². The number of nitrogens with one attached hydrogen (secondary N) is 1. The van der Waals surface area contributed by atoms with Crippen molar-refractivity contribution in [3.63, 3.8) is 0 Å². The summed E-state index contributed by atoms with van der Waals surface area (Å²) < 4.78 is 4.45. The molecule has 4 N–H and O–H groups in total. The lowest BCUT2D eigenvalue weighted by atomic mass is 9.84. The molecule has 3 atom stereocenters. The van der Waals surface area contributed by atoms with E-state index in [0.29, 0.717) is 6.42 Å². The number of aliphatic carboxylic acids is 1. The summed E-state index contributed by atoms with van der Waals surface area (Å²) >= 11 is 0. The number of carbonyl (C=O) groups excluding carboxylic acids is 2. The lowest BCUT2D eigenvalue weighted by Crippen LogP contribution is -2.49. The monoisotopic (exact) mass is 286 g/mol. The van der Waals surface area contributed by atoms with Crippen molar-refractivity contribution in [3.8, 4) is 0 Å². The van der Waals surface area contributed by atoms with Crippen LogP contribution < -0.4 is 11.1 Å². The van der Waals surface area contributed by atoms with E-state index in [4.69, 9.17) is 10.8 Å². The maximum absolute atomic E-state index is 12.1. The van der Waals surface area contributed by atoms with Crippen LogP contribution in [0.4, 0.5) is 0 Å². The molecule has 1 saturated carbocycles. The van der Waals surface area contributed by atoms with Gasteiger partial charge in [-0.05, 0) is 19.3 Å². The zero-order chi connectivity index (χ0) is 15.1. The predicted molar refractivity (Wildman–Crippen MR) is 70.7 cm³/mol. The molecule has 0 bridgehead atoms. The zero-order valence-electron chi connectivity index (χ0n) is 11.6. The molecular weight excluding hydrogens is 264 g/mol. The number of carboxylic acid groups (broad SMARTS) is 1. The highest BCUT2D eigenvalue weighted by Crippen LogP contribution is 2.23. The van der Waals surface area contributed by atoms with E-state index >= 15 is 0 Å². The molecule has 0 aromatic rings. The van der Waals surface area contributed by atoms with E-state index in [0.717, 1.165) is 19.3 Å². The van der Waals surface area contributed by atoms with E-state index in [1.807, 2.05) is 0 Å². The maximum Gasteiger partial charge on any atom is 0.326 e. The van der Waals surface area contributed by atoms with Gasteiger partial charge in [0.15, 0.2) is 0 Å². The van der Waals surface area contributed by atoms with Gasteiger partial charge in [-0.15, -0.1) is 0 Å². The molecule has 20 heavy (non-hydrogen) atoms. The highest BCUT2D eigenvalue weighted by atomic mass is 16.5. The number of carbonyl (C=O) groups is 3. The van der Waals surface area contributed by atoms with Crippen LogP contribution in [0.5, 0.6) is 0 Å². The van der Waals surface area contributed by atoms with Gasteiger partial charge < -0.3 is 20.9 Å². The summed E-state index contributed by atoms with van der Waals surface area (Å²) in [5.41, 5.74) is 5.89. The molecule has 1 aliphatic rings. The summed E-state index contributed by atoms with van der Waals surface area (Å²) in [7, 11) is 1.23. The quantitative estimate of drug-likeness (QED) is 0.593. The van der Waals surface area contributed by atoms with Gasteiger partial charge in [-0.2, -0.15) is 0 Å². The van der Waals surface area contributed by atoms with E-state index in [9.17, 15) is 14.4 Å². The number of hydrogen-bond acceptors (Lipinski definition) is 5. The fraction of sp³-hybridized carbons (Fsp3) is 0.769. The summed E-state index contributed by atoms with van der Waals surface area (Å²) in [4.78, 5) is 34.2. The number of amides is 1. The Hall–Kier alpha value is -1.63. The van der Waals surface area contributed by atoms with Gasteiger partial charge in [0.05, 0.1) is 13.0 Å². The number of rotatable bonds is 6. The van der Waals surface area contributed by atoms with Gasteiger partial charge in [0.2, 0.25) is 5.91 Å².